The Bertz CT molecular complexity index is 1320. The molecule has 0 aliphatic carbocycles. The highest BCUT2D eigenvalue weighted by Crippen LogP contribution is 2.21. The first-order valence-electron chi connectivity index (χ1n) is 10.6. The van der Waals surface area contributed by atoms with Crippen LogP contribution in [0.15, 0.2) is 96.7 Å². The van der Waals surface area contributed by atoms with Gasteiger partial charge in [0.1, 0.15) is 11.4 Å². The van der Waals surface area contributed by atoms with Gasteiger partial charge in [-0.2, -0.15) is 0 Å². The second-order valence-corrected chi connectivity index (χ2v) is 7.63. The van der Waals surface area contributed by atoms with Crippen molar-refractivity contribution < 1.29 is 14.3 Å². The van der Waals surface area contributed by atoms with Crippen molar-refractivity contribution in [2.45, 2.75) is 6.92 Å². The molecule has 2 amide bonds. The van der Waals surface area contributed by atoms with E-state index in [1.165, 1.54) is 0 Å². The molecule has 0 atom stereocenters. The SMILES string of the molecule is COc1ccc(C(=O)N/C(=C/c2cccc3ccccc23)C(=O)Nc2ccc(C)cc2)cc1. The Morgan fingerprint density at radius 3 is 2.24 bits per heavy atom. The number of carbonyl (C=O) groups excluding carboxylic acids is 2. The van der Waals surface area contributed by atoms with Crippen LogP contribution in [0.2, 0.25) is 0 Å². The predicted molar refractivity (Wildman–Crippen MR) is 132 cm³/mol. The van der Waals surface area contributed by atoms with Crippen molar-refractivity contribution in [3.8, 4) is 5.75 Å². The normalized spacial score (nSPS) is 11.2. The Balaban J connectivity index is 1.69. The molecule has 0 radical (unpaired) electrons. The second kappa shape index (κ2) is 9.83. The van der Waals surface area contributed by atoms with Crippen molar-refractivity contribution >= 4 is 34.4 Å². The third kappa shape index (κ3) is 5.28. The molecule has 2 N–H and O–H groups in total. The lowest BCUT2D eigenvalue weighted by molar-refractivity contribution is -0.113. The Kier molecular flexibility index (Phi) is 6.51. The van der Waals surface area contributed by atoms with Gasteiger partial charge in [0, 0.05) is 11.3 Å². The smallest absolute Gasteiger partial charge is 0.272 e. The molecule has 0 saturated heterocycles. The van der Waals surface area contributed by atoms with Crippen LogP contribution >= 0.6 is 0 Å². The lowest BCUT2D eigenvalue weighted by Gasteiger charge is -2.12. The molecule has 0 heterocycles. The van der Waals surface area contributed by atoms with Crippen LogP contribution in [0.1, 0.15) is 21.5 Å². The molecule has 0 bridgehead atoms. The van der Waals surface area contributed by atoms with Crippen LogP contribution < -0.4 is 15.4 Å². The van der Waals surface area contributed by atoms with Gasteiger partial charge in [0.25, 0.3) is 11.8 Å². The maximum absolute atomic E-state index is 13.2. The van der Waals surface area contributed by atoms with E-state index in [4.69, 9.17) is 4.74 Å². The molecule has 0 aliphatic rings. The first-order chi connectivity index (χ1) is 16.0. The van der Waals surface area contributed by atoms with Crippen molar-refractivity contribution in [1.29, 1.82) is 0 Å². The zero-order valence-corrected chi connectivity index (χ0v) is 18.5. The average Bonchev–Trinajstić information content (AvgIpc) is 2.85. The van der Waals surface area contributed by atoms with Gasteiger partial charge in [0.15, 0.2) is 0 Å². The van der Waals surface area contributed by atoms with Crippen LogP contribution in [0.3, 0.4) is 0 Å². The summed E-state index contributed by atoms with van der Waals surface area (Å²) in [7, 11) is 1.56. The number of nitrogens with one attached hydrogen (secondary N) is 2. The van der Waals surface area contributed by atoms with E-state index in [9.17, 15) is 9.59 Å². The Labute approximate surface area is 192 Å². The number of hydrogen-bond donors (Lipinski definition) is 2. The Morgan fingerprint density at radius 2 is 1.52 bits per heavy atom. The molecule has 5 nitrogen and oxygen atoms in total. The zero-order chi connectivity index (χ0) is 23.2. The lowest BCUT2D eigenvalue weighted by atomic mass is 10.0. The first-order valence-corrected chi connectivity index (χ1v) is 10.6. The van der Waals surface area contributed by atoms with E-state index in [0.29, 0.717) is 17.0 Å². The standard InChI is InChI=1S/C28H24N2O3/c1-19-10-14-23(15-11-19)29-28(32)26(30-27(31)21-12-16-24(33-2)17-13-21)18-22-8-5-7-20-6-3-4-9-25(20)22/h3-18H,1-2H3,(H,29,32)(H,30,31)/b26-18+. The summed E-state index contributed by atoms with van der Waals surface area (Å²) in [5.41, 5.74) is 3.13. The number of hydrogen-bond acceptors (Lipinski definition) is 3. The van der Waals surface area contributed by atoms with Crippen LogP contribution in [0.4, 0.5) is 5.69 Å². The number of amides is 2. The Morgan fingerprint density at radius 1 is 0.818 bits per heavy atom. The lowest BCUT2D eigenvalue weighted by Crippen LogP contribution is -2.30. The van der Waals surface area contributed by atoms with Crippen LogP contribution in [0.25, 0.3) is 16.8 Å². The predicted octanol–water partition coefficient (Wildman–Crippen LogP) is 5.57. The fraction of sp³-hybridized carbons (Fsp3) is 0.0714. The number of benzene rings is 4. The molecule has 5 heteroatoms. The van der Waals surface area contributed by atoms with Gasteiger partial charge in [-0.25, -0.2) is 0 Å². The Hall–Kier alpha value is -4.38. The third-order valence-corrected chi connectivity index (χ3v) is 5.28. The highest BCUT2D eigenvalue weighted by Gasteiger charge is 2.16. The van der Waals surface area contributed by atoms with E-state index < -0.39 is 5.91 Å². The van der Waals surface area contributed by atoms with Gasteiger partial charge in [-0.15, -0.1) is 0 Å². The number of anilines is 1. The summed E-state index contributed by atoms with van der Waals surface area (Å²) in [5.74, 6) is -0.146. The molecule has 4 aromatic rings. The quantitative estimate of drug-likeness (QED) is 0.389. The van der Waals surface area contributed by atoms with E-state index in [1.54, 1.807) is 37.5 Å². The molecule has 0 unspecified atom stereocenters. The fourth-order valence-corrected chi connectivity index (χ4v) is 3.46. The van der Waals surface area contributed by atoms with Crippen LogP contribution in [-0.4, -0.2) is 18.9 Å². The highest BCUT2D eigenvalue weighted by molar-refractivity contribution is 6.11. The summed E-state index contributed by atoms with van der Waals surface area (Å²) in [6.45, 7) is 1.98. The number of aryl methyl sites for hydroxylation is 1. The van der Waals surface area contributed by atoms with E-state index >= 15 is 0 Å². The van der Waals surface area contributed by atoms with E-state index in [-0.39, 0.29) is 11.6 Å². The van der Waals surface area contributed by atoms with Crippen LogP contribution in [0, 0.1) is 6.92 Å². The number of rotatable bonds is 6. The topological polar surface area (TPSA) is 67.4 Å². The summed E-state index contributed by atoms with van der Waals surface area (Å²) in [6, 6.07) is 28.0. The van der Waals surface area contributed by atoms with Crippen molar-refractivity contribution in [2.24, 2.45) is 0 Å². The van der Waals surface area contributed by atoms with Gasteiger partial charge in [0.2, 0.25) is 0 Å². The van der Waals surface area contributed by atoms with Crippen LogP contribution in [-0.2, 0) is 4.79 Å². The summed E-state index contributed by atoms with van der Waals surface area (Å²) >= 11 is 0. The number of carbonyl (C=O) groups is 2. The van der Waals surface area contributed by atoms with E-state index in [0.717, 1.165) is 21.9 Å². The highest BCUT2D eigenvalue weighted by atomic mass is 16.5. The summed E-state index contributed by atoms with van der Waals surface area (Å²) < 4.78 is 5.16. The summed E-state index contributed by atoms with van der Waals surface area (Å²) in [6.07, 6.45) is 1.70. The van der Waals surface area contributed by atoms with Gasteiger partial charge < -0.3 is 15.4 Å². The van der Waals surface area contributed by atoms with Gasteiger partial charge >= 0.3 is 0 Å². The maximum atomic E-state index is 13.2. The molecule has 0 aliphatic heterocycles. The van der Waals surface area contributed by atoms with Crippen molar-refractivity contribution in [2.75, 3.05) is 12.4 Å². The fourth-order valence-electron chi connectivity index (χ4n) is 3.46. The molecule has 0 spiro atoms. The van der Waals surface area contributed by atoms with Gasteiger partial charge in [-0.1, -0.05) is 60.2 Å². The number of fused-ring (bicyclic) bond motifs is 1. The minimum Gasteiger partial charge on any atom is -0.497 e. The third-order valence-electron chi connectivity index (χ3n) is 5.28. The molecular weight excluding hydrogens is 412 g/mol. The molecule has 4 rings (SSSR count). The van der Waals surface area contributed by atoms with Crippen LogP contribution in [0.5, 0.6) is 5.75 Å². The molecule has 4 aromatic carbocycles. The van der Waals surface area contributed by atoms with Gasteiger partial charge in [-0.05, 0) is 65.7 Å². The first kappa shape index (κ1) is 21.8. The number of ether oxygens (including phenoxy) is 1. The van der Waals surface area contributed by atoms with Crippen molar-refractivity contribution in [1.82, 2.24) is 5.32 Å². The van der Waals surface area contributed by atoms with E-state index in [1.807, 2.05) is 73.7 Å². The molecule has 0 saturated carbocycles. The largest absolute Gasteiger partial charge is 0.497 e. The maximum Gasteiger partial charge on any atom is 0.272 e. The molecule has 164 valence electrons. The molecule has 0 aromatic heterocycles. The molecule has 0 fully saturated rings. The summed E-state index contributed by atoms with van der Waals surface area (Å²) in [5, 5.41) is 7.69. The minimum atomic E-state index is -0.409. The average molecular weight is 437 g/mol. The second-order valence-electron chi connectivity index (χ2n) is 7.63. The van der Waals surface area contributed by atoms with Crippen molar-refractivity contribution in [3.63, 3.8) is 0 Å². The molecule has 33 heavy (non-hydrogen) atoms. The van der Waals surface area contributed by atoms with Crippen molar-refractivity contribution in [3.05, 3.63) is 113 Å². The molecular formula is C28H24N2O3. The monoisotopic (exact) mass is 436 g/mol. The van der Waals surface area contributed by atoms with Gasteiger partial charge in [0.05, 0.1) is 7.11 Å². The van der Waals surface area contributed by atoms with Gasteiger partial charge in [-0.3, -0.25) is 9.59 Å². The van der Waals surface area contributed by atoms with E-state index in [2.05, 4.69) is 10.6 Å². The number of methoxy groups -OCH3 is 1. The minimum absolute atomic E-state index is 0.146. The zero-order valence-electron chi connectivity index (χ0n) is 18.5. The summed E-state index contributed by atoms with van der Waals surface area (Å²) in [4.78, 5) is 26.1.